The minimum atomic E-state index is 0.107. The number of para-hydroxylation sites is 1. The topological polar surface area (TPSA) is 51.2 Å². The summed E-state index contributed by atoms with van der Waals surface area (Å²) in [7, 11) is 5.02. The molecule has 2 fully saturated rings. The van der Waals surface area contributed by atoms with E-state index in [9.17, 15) is 4.79 Å². The van der Waals surface area contributed by atoms with Crippen molar-refractivity contribution in [1.29, 1.82) is 0 Å². The fraction of sp³-hybridized carbons (Fsp3) is 0.458. The number of nitrogens with zero attached hydrogens (tertiary/aromatic N) is 2. The number of likely N-dealkylation sites (tertiary alicyclic amines) is 2. The first-order chi connectivity index (χ1) is 14.5. The van der Waals surface area contributed by atoms with Gasteiger partial charge in [0.25, 0.3) is 0 Å². The molecule has 0 radical (unpaired) electrons. The highest BCUT2D eigenvalue weighted by Gasteiger charge is 2.48. The lowest BCUT2D eigenvalue weighted by molar-refractivity contribution is -0.130. The largest absolute Gasteiger partial charge is 0.497 e. The molecule has 0 unspecified atom stereocenters. The molecule has 0 spiro atoms. The summed E-state index contributed by atoms with van der Waals surface area (Å²) in [4.78, 5) is 16.9. The number of benzene rings is 2. The highest BCUT2D eigenvalue weighted by molar-refractivity contribution is 5.74. The van der Waals surface area contributed by atoms with Crippen molar-refractivity contribution in [3.8, 4) is 17.2 Å². The van der Waals surface area contributed by atoms with Gasteiger partial charge in [0.05, 0.1) is 27.4 Å². The van der Waals surface area contributed by atoms with Crippen molar-refractivity contribution in [2.45, 2.75) is 19.5 Å². The highest BCUT2D eigenvalue weighted by atomic mass is 16.5. The summed E-state index contributed by atoms with van der Waals surface area (Å²) >= 11 is 0. The molecule has 2 heterocycles. The molecular formula is C24H30N2O4. The molecular weight excluding hydrogens is 380 g/mol. The Labute approximate surface area is 178 Å². The molecule has 160 valence electrons. The average Bonchev–Trinajstić information content (AvgIpc) is 3.31. The second kappa shape index (κ2) is 8.56. The van der Waals surface area contributed by atoms with E-state index in [0.29, 0.717) is 11.8 Å². The maximum absolute atomic E-state index is 12.4. The third-order valence-corrected chi connectivity index (χ3v) is 6.48. The molecule has 0 saturated carbocycles. The number of carbonyl (C=O) groups excluding carboxylic acids is 1. The Morgan fingerprint density at radius 2 is 1.73 bits per heavy atom. The number of methoxy groups -OCH3 is 3. The fourth-order valence-electron chi connectivity index (χ4n) is 5.14. The molecule has 0 aliphatic carbocycles. The van der Waals surface area contributed by atoms with Gasteiger partial charge in [-0.2, -0.15) is 0 Å². The van der Waals surface area contributed by atoms with Crippen LogP contribution in [0.4, 0.5) is 0 Å². The number of carbonyl (C=O) groups is 1. The van der Waals surface area contributed by atoms with Crippen LogP contribution in [-0.4, -0.2) is 56.7 Å². The van der Waals surface area contributed by atoms with E-state index in [1.807, 2.05) is 29.2 Å². The number of amides is 1. The normalized spacial score (nSPS) is 23.3. The molecule has 4 rings (SSSR count). The minimum Gasteiger partial charge on any atom is -0.497 e. The van der Waals surface area contributed by atoms with E-state index in [1.54, 1.807) is 28.3 Å². The van der Waals surface area contributed by atoms with Crippen molar-refractivity contribution >= 4 is 5.91 Å². The van der Waals surface area contributed by atoms with Crippen molar-refractivity contribution < 1.29 is 19.0 Å². The van der Waals surface area contributed by atoms with Crippen LogP contribution in [0.25, 0.3) is 0 Å². The first kappa shape index (κ1) is 20.5. The van der Waals surface area contributed by atoms with Gasteiger partial charge in [0.15, 0.2) is 11.5 Å². The van der Waals surface area contributed by atoms with Gasteiger partial charge in [0, 0.05) is 44.6 Å². The first-order valence-electron chi connectivity index (χ1n) is 10.4. The van der Waals surface area contributed by atoms with Crippen molar-refractivity contribution in [3.05, 3.63) is 53.6 Å². The Kier molecular flexibility index (Phi) is 5.86. The Balaban J connectivity index is 1.55. The third-order valence-electron chi connectivity index (χ3n) is 6.48. The number of fused-ring (bicyclic) bond motifs is 1. The number of ether oxygens (including phenoxy) is 3. The van der Waals surface area contributed by atoms with E-state index in [2.05, 4.69) is 23.1 Å². The van der Waals surface area contributed by atoms with Gasteiger partial charge in [-0.05, 0) is 29.7 Å². The number of hydrogen-bond donors (Lipinski definition) is 0. The molecule has 2 aromatic carbocycles. The van der Waals surface area contributed by atoms with Gasteiger partial charge in [-0.1, -0.05) is 24.3 Å². The van der Waals surface area contributed by atoms with Crippen LogP contribution >= 0.6 is 0 Å². The van der Waals surface area contributed by atoms with Gasteiger partial charge in [0.2, 0.25) is 5.91 Å². The third kappa shape index (κ3) is 3.72. The molecule has 0 aromatic heterocycles. The van der Waals surface area contributed by atoms with E-state index >= 15 is 0 Å². The van der Waals surface area contributed by atoms with Crippen molar-refractivity contribution in [2.75, 3.05) is 41.0 Å². The van der Waals surface area contributed by atoms with Crippen LogP contribution in [0, 0.1) is 11.8 Å². The molecule has 30 heavy (non-hydrogen) atoms. The fourth-order valence-corrected chi connectivity index (χ4v) is 5.14. The van der Waals surface area contributed by atoms with E-state index in [0.717, 1.165) is 49.0 Å². The molecule has 2 aromatic rings. The van der Waals surface area contributed by atoms with Crippen molar-refractivity contribution in [1.82, 2.24) is 9.80 Å². The SMILES string of the molecule is COc1ccc([C@H]2[C@@H]3CN(Cc4cccc(OC)c4OC)C[C@@H]3CN2C(C)=O)cc1. The van der Waals surface area contributed by atoms with E-state index in [4.69, 9.17) is 14.2 Å². The van der Waals surface area contributed by atoms with Crippen LogP contribution in [0.5, 0.6) is 17.2 Å². The quantitative estimate of drug-likeness (QED) is 0.731. The van der Waals surface area contributed by atoms with Crippen LogP contribution in [0.15, 0.2) is 42.5 Å². The molecule has 2 aliphatic rings. The molecule has 1 amide bonds. The van der Waals surface area contributed by atoms with E-state index in [-0.39, 0.29) is 11.9 Å². The molecule has 2 saturated heterocycles. The Bertz CT molecular complexity index is 899. The average molecular weight is 411 g/mol. The summed E-state index contributed by atoms with van der Waals surface area (Å²) in [5.41, 5.74) is 2.31. The first-order valence-corrected chi connectivity index (χ1v) is 10.4. The summed E-state index contributed by atoms with van der Waals surface area (Å²) in [5, 5.41) is 0. The zero-order valence-corrected chi connectivity index (χ0v) is 18.1. The number of rotatable bonds is 6. The Morgan fingerprint density at radius 1 is 0.967 bits per heavy atom. The lowest BCUT2D eigenvalue weighted by Gasteiger charge is -2.29. The van der Waals surface area contributed by atoms with Gasteiger partial charge in [-0.3, -0.25) is 9.69 Å². The second-order valence-corrected chi connectivity index (χ2v) is 8.16. The van der Waals surface area contributed by atoms with Crippen LogP contribution < -0.4 is 14.2 Å². The van der Waals surface area contributed by atoms with E-state index in [1.165, 1.54) is 5.56 Å². The molecule has 0 bridgehead atoms. The summed E-state index contributed by atoms with van der Waals surface area (Å²) in [6, 6.07) is 14.3. The highest BCUT2D eigenvalue weighted by Crippen LogP contribution is 2.46. The smallest absolute Gasteiger partial charge is 0.219 e. The van der Waals surface area contributed by atoms with Gasteiger partial charge in [-0.25, -0.2) is 0 Å². The van der Waals surface area contributed by atoms with Crippen LogP contribution in [-0.2, 0) is 11.3 Å². The zero-order valence-electron chi connectivity index (χ0n) is 18.1. The lowest BCUT2D eigenvalue weighted by Crippen LogP contribution is -2.34. The molecule has 6 heteroatoms. The van der Waals surface area contributed by atoms with Gasteiger partial charge in [-0.15, -0.1) is 0 Å². The molecule has 2 aliphatic heterocycles. The Hall–Kier alpha value is -2.73. The van der Waals surface area contributed by atoms with Crippen LogP contribution in [0.3, 0.4) is 0 Å². The summed E-state index contributed by atoms with van der Waals surface area (Å²) < 4.78 is 16.4. The second-order valence-electron chi connectivity index (χ2n) is 8.16. The van der Waals surface area contributed by atoms with Crippen LogP contribution in [0.2, 0.25) is 0 Å². The molecule has 0 N–H and O–H groups in total. The summed E-state index contributed by atoms with van der Waals surface area (Å²) in [5.74, 6) is 3.42. The summed E-state index contributed by atoms with van der Waals surface area (Å²) in [6.45, 7) is 5.22. The van der Waals surface area contributed by atoms with Crippen molar-refractivity contribution in [3.63, 3.8) is 0 Å². The maximum atomic E-state index is 12.4. The monoisotopic (exact) mass is 410 g/mol. The van der Waals surface area contributed by atoms with Crippen molar-refractivity contribution in [2.24, 2.45) is 11.8 Å². The summed E-state index contributed by atoms with van der Waals surface area (Å²) in [6.07, 6.45) is 0. The predicted molar refractivity (Wildman–Crippen MR) is 115 cm³/mol. The van der Waals surface area contributed by atoms with E-state index < -0.39 is 0 Å². The maximum Gasteiger partial charge on any atom is 0.219 e. The predicted octanol–water partition coefficient (Wildman–Crippen LogP) is 3.36. The standard InChI is InChI=1S/C24H30N2O4/c1-16(27)26-14-19-13-25(12-18-6-5-7-22(29-3)24(18)30-4)15-21(19)23(26)17-8-10-20(28-2)11-9-17/h5-11,19,21,23H,12-15H2,1-4H3/t19-,21-,23+/m1/s1. The molecule has 3 atom stereocenters. The lowest BCUT2D eigenvalue weighted by atomic mass is 9.89. The van der Waals surface area contributed by atoms with Crippen LogP contribution in [0.1, 0.15) is 24.1 Å². The van der Waals surface area contributed by atoms with Gasteiger partial charge >= 0.3 is 0 Å². The number of hydrogen-bond acceptors (Lipinski definition) is 5. The Morgan fingerprint density at radius 3 is 2.37 bits per heavy atom. The minimum absolute atomic E-state index is 0.107. The van der Waals surface area contributed by atoms with Gasteiger partial charge < -0.3 is 19.1 Å². The zero-order chi connectivity index (χ0) is 21.3. The molecule has 6 nitrogen and oxygen atoms in total. The van der Waals surface area contributed by atoms with Gasteiger partial charge in [0.1, 0.15) is 5.75 Å².